The highest BCUT2D eigenvalue weighted by Gasteiger charge is 2.59. The molecule has 1 amide bonds. The molecule has 0 bridgehead atoms. The van der Waals surface area contributed by atoms with E-state index in [1.807, 2.05) is 41.3 Å². The lowest BCUT2D eigenvalue weighted by molar-refractivity contribution is -0.137. The lowest BCUT2D eigenvalue weighted by Gasteiger charge is -2.43. The molecular formula is C25H17F3N2O. The van der Waals surface area contributed by atoms with Crippen molar-refractivity contribution in [2.75, 3.05) is 6.54 Å². The van der Waals surface area contributed by atoms with Gasteiger partial charge >= 0.3 is 6.18 Å². The Hall–Kier alpha value is -3.41. The maximum absolute atomic E-state index is 13.6. The summed E-state index contributed by atoms with van der Waals surface area (Å²) in [6, 6.07) is 15.1. The molecule has 0 N–H and O–H groups in total. The second-order valence-electron chi connectivity index (χ2n) is 8.16. The Kier molecular flexibility index (Phi) is 3.59. The minimum absolute atomic E-state index is 0.0605. The molecule has 3 aliphatic rings. The molecule has 1 atom stereocenters. The Morgan fingerprint density at radius 2 is 1.68 bits per heavy atom. The molecule has 1 spiro atoms. The zero-order valence-electron chi connectivity index (χ0n) is 16.4. The van der Waals surface area contributed by atoms with Gasteiger partial charge in [-0.1, -0.05) is 24.3 Å². The van der Waals surface area contributed by atoms with Gasteiger partial charge in [0, 0.05) is 24.5 Å². The maximum Gasteiger partial charge on any atom is 0.416 e. The van der Waals surface area contributed by atoms with E-state index in [0.717, 1.165) is 40.3 Å². The number of hydrogen-bond donors (Lipinski definition) is 0. The van der Waals surface area contributed by atoms with E-state index >= 15 is 0 Å². The van der Waals surface area contributed by atoms with Crippen LogP contribution in [0.5, 0.6) is 0 Å². The number of carbonyl (C=O) groups excluding carboxylic acids is 1. The second kappa shape index (κ2) is 6.06. The quantitative estimate of drug-likeness (QED) is 0.530. The van der Waals surface area contributed by atoms with Crippen LogP contribution in [0.25, 0.3) is 5.57 Å². The summed E-state index contributed by atoms with van der Waals surface area (Å²) in [5.74, 6) is -0.0605. The highest BCUT2D eigenvalue weighted by atomic mass is 19.4. The molecular weight excluding hydrogens is 401 g/mol. The number of fused-ring (bicyclic) bond motifs is 2. The Bertz CT molecular complexity index is 1280. The molecule has 6 rings (SSSR count). The molecule has 3 aromatic rings. The largest absolute Gasteiger partial charge is 0.416 e. The Morgan fingerprint density at radius 3 is 2.45 bits per heavy atom. The van der Waals surface area contributed by atoms with E-state index in [-0.39, 0.29) is 5.91 Å². The monoisotopic (exact) mass is 418 g/mol. The first kappa shape index (κ1) is 18.4. The third-order valence-corrected chi connectivity index (χ3v) is 6.72. The van der Waals surface area contributed by atoms with Crippen LogP contribution >= 0.6 is 0 Å². The topological polar surface area (TPSA) is 33.2 Å². The van der Waals surface area contributed by atoms with E-state index in [9.17, 15) is 18.0 Å². The lowest BCUT2D eigenvalue weighted by Crippen LogP contribution is -2.48. The van der Waals surface area contributed by atoms with Gasteiger partial charge in [0.1, 0.15) is 5.54 Å². The summed E-state index contributed by atoms with van der Waals surface area (Å²) in [6.07, 6.45) is 0.333. The van der Waals surface area contributed by atoms with Crippen LogP contribution in [0.3, 0.4) is 0 Å². The summed E-state index contributed by atoms with van der Waals surface area (Å²) in [7, 11) is 0. The molecule has 2 aliphatic heterocycles. The summed E-state index contributed by atoms with van der Waals surface area (Å²) in [4.78, 5) is 19.3. The van der Waals surface area contributed by atoms with Gasteiger partial charge in [0.05, 0.1) is 5.56 Å². The van der Waals surface area contributed by atoms with Gasteiger partial charge in [-0.15, -0.1) is 0 Å². The second-order valence-corrected chi connectivity index (χ2v) is 8.16. The van der Waals surface area contributed by atoms with E-state index in [1.54, 1.807) is 18.5 Å². The zero-order chi connectivity index (χ0) is 21.4. The summed E-state index contributed by atoms with van der Waals surface area (Å²) < 4.78 is 40.9. The molecule has 2 aromatic carbocycles. The number of benzene rings is 2. The van der Waals surface area contributed by atoms with E-state index in [4.69, 9.17) is 0 Å². The predicted molar refractivity (Wildman–Crippen MR) is 109 cm³/mol. The highest BCUT2D eigenvalue weighted by Crippen LogP contribution is 2.61. The minimum atomic E-state index is -4.45. The fourth-order valence-corrected chi connectivity index (χ4v) is 5.63. The van der Waals surface area contributed by atoms with Crippen molar-refractivity contribution in [3.05, 3.63) is 106 Å². The zero-order valence-corrected chi connectivity index (χ0v) is 16.4. The van der Waals surface area contributed by atoms with Gasteiger partial charge in [-0.2, -0.15) is 13.2 Å². The third-order valence-electron chi connectivity index (χ3n) is 6.72. The van der Waals surface area contributed by atoms with Crippen molar-refractivity contribution in [1.82, 2.24) is 9.88 Å². The number of alkyl halides is 3. The molecule has 1 fully saturated rings. The van der Waals surface area contributed by atoms with Crippen LogP contribution in [0.2, 0.25) is 0 Å². The lowest BCUT2D eigenvalue weighted by atomic mass is 9.75. The van der Waals surface area contributed by atoms with Gasteiger partial charge < -0.3 is 4.90 Å². The maximum atomic E-state index is 13.6. The number of hydrogen-bond acceptors (Lipinski definition) is 2. The van der Waals surface area contributed by atoms with Crippen LogP contribution in [-0.2, 0) is 11.7 Å². The molecule has 0 radical (unpaired) electrons. The van der Waals surface area contributed by atoms with Gasteiger partial charge in [0.2, 0.25) is 0 Å². The van der Waals surface area contributed by atoms with Crippen molar-refractivity contribution >= 4 is 11.5 Å². The molecule has 3 heterocycles. The van der Waals surface area contributed by atoms with Crippen LogP contribution in [0, 0.1) is 0 Å². The van der Waals surface area contributed by atoms with Crippen LogP contribution in [0.15, 0.2) is 72.6 Å². The van der Waals surface area contributed by atoms with Crippen LogP contribution in [0.1, 0.15) is 51.0 Å². The Balaban J connectivity index is 1.75. The van der Waals surface area contributed by atoms with E-state index < -0.39 is 17.3 Å². The number of amides is 1. The predicted octanol–water partition coefficient (Wildman–Crippen LogP) is 5.41. The third kappa shape index (κ3) is 2.25. The first-order valence-electron chi connectivity index (χ1n) is 10.2. The molecule has 31 heavy (non-hydrogen) atoms. The fraction of sp³-hybridized carbons (Fsp3) is 0.200. The summed E-state index contributed by atoms with van der Waals surface area (Å²) in [6.45, 7) is 0.571. The number of piperidine rings is 1. The Labute approximate surface area is 176 Å². The minimum Gasteiger partial charge on any atom is -0.321 e. The average molecular weight is 418 g/mol. The molecule has 1 aliphatic carbocycles. The fourth-order valence-electron chi connectivity index (χ4n) is 5.63. The standard InChI is InChI=1S/C25H17F3N2O/c26-25(27,28)16-7-8-20-18(14-16)22(15-9-11-29-12-10-15)21-6-3-13-30-23(31)17-4-1-2-5-19(17)24(20,21)30/h1-2,4-5,7-12,14H,3,6,13H2. The van der Waals surface area contributed by atoms with Crippen LogP contribution < -0.4 is 0 Å². The smallest absolute Gasteiger partial charge is 0.321 e. The van der Waals surface area contributed by atoms with Gasteiger partial charge in [-0.05, 0) is 76.6 Å². The van der Waals surface area contributed by atoms with Crippen molar-refractivity contribution in [2.45, 2.75) is 24.6 Å². The SMILES string of the molecule is O=C1c2ccccc2C23C(=C(c4ccncc4)c4cc(C(F)(F)F)ccc42)CCCN13. The van der Waals surface area contributed by atoms with Crippen LogP contribution in [-0.4, -0.2) is 22.3 Å². The van der Waals surface area contributed by atoms with Crippen LogP contribution in [0.4, 0.5) is 13.2 Å². The van der Waals surface area contributed by atoms with Crippen molar-refractivity contribution in [3.8, 4) is 0 Å². The van der Waals surface area contributed by atoms with E-state index in [1.165, 1.54) is 6.07 Å². The van der Waals surface area contributed by atoms with Gasteiger partial charge in [0.15, 0.2) is 0 Å². The number of rotatable bonds is 1. The van der Waals surface area contributed by atoms with E-state index in [0.29, 0.717) is 24.1 Å². The summed E-state index contributed by atoms with van der Waals surface area (Å²) in [5, 5.41) is 0. The first-order chi connectivity index (χ1) is 14.9. The van der Waals surface area contributed by atoms with Gasteiger partial charge in [-0.3, -0.25) is 9.78 Å². The van der Waals surface area contributed by atoms with Crippen molar-refractivity contribution in [3.63, 3.8) is 0 Å². The summed E-state index contributed by atoms with van der Waals surface area (Å²) in [5.41, 5.74) is 3.87. The van der Waals surface area contributed by atoms with Crippen molar-refractivity contribution in [1.29, 1.82) is 0 Å². The van der Waals surface area contributed by atoms with Gasteiger partial charge in [0.25, 0.3) is 5.91 Å². The number of pyridine rings is 1. The number of aromatic nitrogens is 1. The Morgan fingerprint density at radius 1 is 0.935 bits per heavy atom. The molecule has 1 saturated heterocycles. The molecule has 6 heteroatoms. The molecule has 3 nitrogen and oxygen atoms in total. The number of nitrogens with zero attached hydrogens (tertiary/aromatic N) is 2. The molecule has 1 unspecified atom stereocenters. The normalized spacial score (nSPS) is 21.6. The highest BCUT2D eigenvalue weighted by molar-refractivity contribution is 6.05. The number of halogens is 3. The number of carbonyl (C=O) groups is 1. The average Bonchev–Trinajstić information content (AvgIpc) is 3.22. The molecule has 1 aromatic heterocycles. The van der Waals surface area contributed by atoms with E-state index in [2.05, 4.69) is 4.98 Å². The first-order valence-corrected chi connectivity index (χ1v) is 10.2. The van der Waals surface area contributed by atoms with Crippen molar-refractivity contribution < 1.29 is 18.0 Å². The molecule has 154 valence electrons. The van der Waals surface area contributed by atoms with Crippen molar-refractivity contribution in [2.24, 2.45) is 0 Å². The molecule has 0 saturated carbocycles. The van der Waals surface area contributed by atoms with Gasteiger partial charge in [-0.25, -0.2) is 0 Å². The summed E-state index contributed by atoms with van der Waals surface area (Å²) >= 11 is 0.